The number of methoxy groups -OCH3 is 1. The van der Waals surface area contributed by atoms with Crippen LogP contribution in [0.2, 0.25) is 0 Å². The summed E-state index contributed by atoms with van der Waals surface area (Å²) in [5, 5.41) is 19.9. The SMILES string of the molecule is CCOC(=O)/C(C#N)=C\c1cc(Br)c(OCc2ccc([N+](=O)[O-])cc2)c(OC)c1. The van der Waals surface area contributed by atoms with Gasteiger partial charge in [-0.1, -0.05) is 0 Å². The molecular weight excluding hydrogens is 444 g/mol. The van der Waals surface area contributed by atoms with Gasteiger partial charge in [0.05, 0.1) is 23.1 Å². The molecule has 0 aromatic heterocycles. The minimum atomic E-state index is -0.705. The van der Waals surface area contributed by atoms with Gasteiger partial charge in [-0.2, -0.15) is 5.26 Å². The zero-order valence-electron chi connectivity index (χ0n) is 15.7. The van der Waals surface area contributed by atoms with Gasteiger partial charge in [-0.3, -0.25) is 10.1 Å². The van der Waals surface area contributed by atoms with Gasteiger partial charge in [-0.05, 0) is 64.3 Å². The van der Waals surface area contributed by atoms with E-state index in [1.807, 2.05) is 6.07 Å². The van der Waals surface area contributed by atoms with E-state index in [2.05, 4.69) is 15.9 Å². The van der Waals surface area contributed by atoms with E-state index >= 15 is 0 Å². The summed E-state index contributed by atoms with van der Waals surface area (Å²) in [7, 11) is 1.46. The Balaban J connectivity index is 2.25. The predicted octanol–water partition coefficient (Wildman–Crippen LogP) is 4.41. The topological polar surface area (TPSA) is 112 Å². The van der Waals surface area contributed by atoms with Gasteiger partial charge in [0.1, 0.15) is 18.2 Å². The third kappa shape index (κ3) is 5.80. The predicted molar refractivity (Wildman–Crippen MR) is 108 cm³/mol. The summed E-state index contributed by atoms with van der Waals surface area (Å²) in [6.07, 6.45) is 1.39. The first kappa shape index (κ1) is 21.9. The molecule has 0 aliphatic rings. The third-order valence-electron chi connectivity index (χ3n) is 3.71. The summed E-state index contributed by atoms with van der Waals surface area (Å²) in [4.78, 5) is 22.0. The smallest absolute Gasteiger partial charge is 0.348 e. The van der Waals surface area contributed by atoms with Crippen molar-refractivity contribution in [1.82, 2.24) is 0 Å². The number of halogens is 1. The molecule has 2 rings (SSSR count). The number of carbonyl (C=O) groups excluding carboxylic acids is 1. The third-order valence-corrected chi connectivity index (χ3v) is 4.30. The maximum atomic E-state index is 11.8. The van der Waals surface area contributed by atoms with Crippen molar-refractivity contribution in [3.8, 4) is 17.6 Å². The number of hydrogen-bond acceptors (Lipinski definition) is 7. The van der Waals surface area contributed by atoms with Crippen LogP contribution in [0.5, 0.6) is 11.5 Å². The van der Waals surface area contributed by atoms with Crippen LogP contribution in [0.25, 0.3) is 6.08 Å². The summed E-state index contributed by atoms with van der Waals surface area (Å²) in [5.74, 6) is 0.0925. The molecule has 0 aliphatic carbocycles. The number of hydrogen-bond donors (Lipinski definition) is 0. The summed E-state index contributed by atoms with van der Waals surface area (Å²) in [6, 6.07) is 11.1. The Hall–Kier alpha value is -3.38. The highest BCUT2D eigenvalue weighted by Crippen LogP contribution is 2.37. The lowest BCUT2D eigenvalue weighted by Gasteiger charge is -2.14. The molecule has 0 N–H and O–H groups in total. The number of nitriles is 1. The van der Waals surface area contributed by atoms with Crippen molar-refractivity contribution in [2.24, 2.45) is 0 Å². The average Bonchev–Trinajstić information content (AvgIpc) is 2.71. The van der Waals surface area contributed by atoms with Crippen molar-refractivity contribution in [3.05, 3.63) is 67.7 Å². The molecular formula is C20H17BrN2O6. The minimum absolute atomic E-state index is 0.00134. The standard InChI is InChI=1S/C20H17BrN2O6/c1-3-28-20(24)15(11-22)8-14-9-17(21)19(18(10-14)27-2)29-12-13-4-6-16(7-5-13)23(25)26/h4-10H,3,12H2,1-2H3/b15-8-. The van der Waals surface area contributed by atoms with Gasteiger partial charge in [-0.25, -0.2) is 4.79 Å². The second kappa shape index (κ2) is 10.2. The van der Waals surface area contributed by atoms with Gasteiger partial charge in [-0.15, -0.1) is 0 Å². The molecule has 0 atom stereocenters. The number of nitrogens with zero attached hydrogens (tertiary/aromatic N) is 2. The fraction of sp³-hybridized carbons (Fsp3) is 0.200. The van der Waals surface area contributed by atoms with E-state index in [9.17, 15) is 14.9 Å². The molecule has 2 aromatic carbocycles. The van der Waals surface area contributed by atoms with Crippen molar-refractivity contribution in [3.63, 3.8) is 0 Å². The number of non-ortho nitro benzene ring substituents is 1. The van der Waals surface area contributed by atoms with E-state index in [0.717, 1.165) is 5.56 Å². The van der Waals surface area contributed by atoms with Crippen LogP contribution < -0.4 is 9.47 Å². The molecule has 150 valence electrons. The summed E-state index contributed by atoms with van der Waals surface area (Å²) in [6.45, 7) is 1.98. The number of esters is 1. The maximum absolute atomic E-state index is 11.8. The Kier molecular flexibility index (Phi) is 7.74. The molecule has 0 saturated carbocycles. The van der Waals surface area contributed by atoms with Crippen LogP contribution in [0.3, 0.4) is 0 Å². The normalized spacial score (nSPS) is 10.8. The van der Waals surface area contributed by atoms with Crippen LogP contribution in [-0.2, 0) is 16.1 Å². The number of nitro benzene ring substituents is 1. The van der Waals surface area contributed by atoms with E-state index in [4.69, 9.17) is 19.5 Å². The van der Waals surface area contributed by atoms with Crippen molar-refractivity contribution in [2.45, 2.75) is 13.5 Å². The van der Waals surface area contributed by atoms with Gasteiger partial charge in [0.25, 0.3) is 5.69 Å². The lowest BCUT2D eigenvalue weighted by atomic mass is 10.1. The van der Waals surface area contributed by atoms with Gasteiger partial charge in [0.2, 0.25) is 0 Å². The highest BCUT2D eigenvalue weighted by atomic mass is 79.9. The highest BCUT2D eigenvalue weighted by Gasteiger charge is 2.15. The molecule has 8 nitrogen and oxygen atoms in total. The zero-order valence-corrected chi connectivity index (χ0v) is 17.3. The van der Waals surface area contributed by atoms with Crippen molar-refractivity contribution in [1.29, 1.82) is 5.26 Å². The van der Waals surface area contributed by atoms with Crippen LogP contribution >= 0.6 is 15.9 Å². The molecule has 0 bridgehead atoms. The molecule has 0 fully saturated rings. The Morgan fingerprint density at radius 3 is 2.55 bits per heavy atom. The van der Waals surface area contributed by atoms with Crippen LogP contribution in [-0.4, -0.2) is 24.6 Å². The number of carbonyl (C=O) groups is 1. The Bertz CT molecular complexity index is 980. The quantitative estimate of drug-likeness (QED) is 0.188. The molecule has 0 spiro atoms. The first-order valence-electron chi connectivity index (χ1n) is 8.42. The van der Waals surface area contributed by atoms with Gasteiger partial charge in [0, 0.05) is 12.1 Å². The largest absolute Gasteiger partial charge is 0.493 e. The number of ether oxygens (including phenoxy) is 3. The van der Waals surface area contributed by atoms with E-state index in [1.54, 1.807) is 31.2 Å². The molecule has 9 heteroatoms. The van der Waals surface area contributed by atoms with E-state index in [0.29, 0.717) is 21.5 Å². The summed E-state index contributed by atoms with van der Waals surface area (Å²) < 4.78 is 16.6. The highest BCUT2D eigenvalue weighted by molar-refractivity contribution is 9.10. The fourth-order valence-corrected chi connectivity index (χ4v) is 2.92. The second-order valence-electron chi connectivity index (χ2n) is 5.64. The van der Waals surface area contributed by atoms with Crippen molar-refractivity contribution >= 4 is 33.7 Å². The van der Waals surface area contributed by atoms with E-state index in [1.165, 1.54) is 25.3 Å². The maximum Gasteiger partial charge on any atom is 0.348 e. The van der Waals surface area contributed by atoms with Gasteiger partial charge >= 0.3 is 5.97 Å². The Morgan fingerprint density at radius 1 is 1.31 bits per heavy atom. The fourth-order valence-electron chi connectivity index (χ4n) is 2.34. The Morgan fingerprint density at radius 2 is 2.00 bits per heavy atom. The van der Waals surface area contributed by atoms with Crippen molar-refractivity contribution < 1.29 is 23.9 Å². The number of rotatable bonds is 8. The van der Waals surface area contributed by atoms with E-state index < -0.39 is 10.9 Å². The first-order chi connectivity index (χ1) is 13.9. The van der Waals surface area contributed by atoms with Gasteiger partial charge in [0.15, 0.2) is 11.5 Å². The molecule has 0 radical (unpaired) electrons. The monoisotopic (exact) mass is 460 g/mol. The van der Waals surface area contributed by atoms with Crippen LogP contribution in [0.4, 0.5) is 5.69 Å². The molecule has 0 aliphatic heterocycles. The van der Waals surface area contributed by atoms with Crippen LogP contribution in [0.1, 0.15) is 18.1 Å². The lowest BCUT2D eigenvalue weighted by Crippen LogP contribution is -2.06. The van der Waals surface area contributed by atoms with Crippen LogP contribution in [0, 0.1) is 21.4 Å². The van der Waals surface area contributed by atoms with Crippen LogP contribution in [0.15, 0.2) is 46.4 Å². The lowest BCUT2D eigenvalue weighted by molar-refractivity contribution is -0.384. The molecule has 2 aromatic rings. The number of benzene rings is 2. The molecule has 0 heterocycles. The van der Waals surface area contributed by atoms with E-state index in [-0.39, 0.29) is 24.5 Å². The Labute approximate surface area is 175 Å². The average molecular weight is 461 g/mol. The molecule has 29 heavy (non-hydrogen) atoms. The second-order valence-corrected chi connectivity index (χ2v) is 6.49. The molecule has 0 unspecified atom stereocenters. The van der Waals surface area contributed by atoms with Gasteiger partial charge < -0.3 is 14.2 Å². The first-order valence-corrected chi connectivity index (χ1v) is 9.21. The summed E-state index contributed by atoms with van der Waals surface area (Å²) >= 11 is 3.40. The molecule has 0 saturated heterocycles. The molecule has 0 amide bonds. The van der Waals surface area contributed by atoms with Crippen molar-refractivity contribution in [2.75, 3.05) is 13.7 Å². The number of nitro groups is 1. The zero-order chi connectivity index (χ0) is 21.4. The minimum Gasteiger partial charge on any atom is -0.493 e. The summed E-state index contributed by atoms with van der Waals surface area (Å²) in [5.41, 5.74) is 1.14.